The molecule has 3 heterocycles. The zero-order chi connectivity index (χ0) is 19.5. The minimum absolute atomic E-state index is 0.159. The fourth-order valence-corrected chi connectivity index (χ4v) is 3.90. The highest BCUT2D eigenvalue weighted by molar-refractivity contribution is 5.88. The molecule has 0 atom stereocenters. The van der Waals surface area contributed by atoms with Crippen LogP contribution in [-0.2, 0) is 17.8 Å². The number of benzene rings is 1. The van der Waals surface area contributed by atoms with Crippen LogP contribution in [0, 0.1) is 5.92 Å². The molecule has 0 spiro atoms. The Kier molecular flexibility index (Phi) is 5.46. The van der Waals surface area contributed by atoms with E-state index in [2.05, 4.69) is 30.1 Å². The van der Waals surface area contributed by atoms with Crippen molar-refractivity contribution in [3.8, 4) is 11.6 Å². The van der Waals surface area contributed by atoms with Crippen molar-refractivity contribution in [1.29, 1.82) is 0 Å². The summed E-state index contributed by atoms with van der Waals surface area (Å²) in [6, 6.07) is 10.1. The number of amides is 1. The third-order valence-electron chi connectivity index (χ3n) is 5.33. The van der Waals surface area contributed by atoms with Gasteiger partial charge in [-0.3, -0.25) is 4.79 Å². The molecule has 28 heavy (non-hydrogen) atoms. The van der Waals surface area contributed by atoms with Gasteiger partial charge in [0.25, 0.3) is 5.89 Å². The molecule has 148 valence electrons. The number of hydrogen-bond acceptors (Lipinski definition) is 4. The zero-order valence-electron chi connectivity index (χ0n) is 16.7. The van der Waals surface area contributed by atoms with Crippen LogP contribution in [0.2, 0.25) is 0 Å². The van der Waals surface area contributed by atoms with Crippen LogP contribution < -0.4 is 0 Å². The van der Waals surface area contributed by atoms with Gasteiger partial charge >= 0.3 is 0 Å². The molecule has 0 saturated carbocycles. The summed E-state index contributed by atoms with van der Waals surface area (Å²) in [6.45, 7) is 6.26. The van der Waals surface area contributed by atoms with Gasteiger partial charge in [0.1, 0.15) is 12.2 Å². The summed E-state index contributed by atoms with van der Waals surface area (Å²) in [5.74, 6) is 1.73. The molecular weight excluding hydrogens is 352 g/mol. The van der Waals surface area contributed by atoms with Gasteiger partial charge in [0, 0.05) is 30.4 Å². The molecule has 0 N–H and O–H groups in total. The SMILES string of the molecule is CC(C)Cc1nnc(-c2cc3ccccc3n2CC(=O)N2CCCCCC2)o1. The zero-order valence-corrected chi connectivity index (χ0v) is 16.7. The summed E-state index contributed by atoms with van der Waals surface area (Å²) in [7, 11) is 0. The van der Waals surface area contributed by atoms with Gasteiger partial charge in [0.2, 0.25) is 11.8 Å². The van der Waals surface area contributed by atoms with E-state index in [0.29, 0.717) is 24.2 Å². The number of para-hydroxylation sites is 1. The molecule has 1 saturated heterocycles. The molecule has 6 heteroatoms. The Bertz CT molecular complexity index is 949. The van der Waals surface area contributed by atoms with Crippen LogP contribution >= 0.6 is 0 Å². The Labute approximate surface area is 165 Å². The van der Waals surface area contributed by atoms with Gasteiger partial charge in [0.05, 0.1) is 0 Å². The highest BCUT2D eigenvalue weighted by Crippen LogP contribution is 2.28. The first-order valence-corrected chi connectivity index (χ1v) is 10.3. The highest BCUT2D eigenvalue weighted by atomic mass is 16.4. The van der Waals surface area contributed by atoms with Crippen molar-refractivity contribution in [2.75, 3.05) is 13.1 Å². The molecule has 0 unspecified atom stereocenters. The summed E-state index contributed by atoms with van der Waals surface area (Å²) < 4.78 is 7.95. The molecule has 0 radical (unpaired) electrons. The lowest BCUT2D eigenvalue weighted by Crippen LogP contribution is -2.34. The molecule has 1 aromatic carbocycles. The summed E-state index contributed by atoms with van der Waals surface area (Å²) in [4.78, 5) is 15.0. The minimum Gasteiger partial charge on any atom is -0.419 e. The molecule has 4 rings (SSSR count). The third kappa shape index (κ3) is 3.96. The summed E-state index contributed by atoms with van der Waals surface area (Å²) >= 11 is 0. The van der Waals surface area contributed by atoms with Gasteiger partial charge in [-0.25, -0.2) is 0 Å². The van der Waals surface area contributed by atoms with Crippen molar-refractivity contribution in [2.45, 2.75) is 52.5 Å². The van der Waals surface area contributed by atoms with Crippen molar-refractivity contribution in [3.63, 3.8) is 0 Å². The number of carbonyl (C=O) groups excluding carboxylic acids is 1. The number of carbonyl (C=O) groups is 1. The molecule has 1 aliphatic heterocycles. The van der Waals surface area contributed by atoms with Crippen molar-refractivity contribution in [1.82, 2.24) is 19.7 Å². The van der Waals surface area contributed by atoms with Gasteiger partial charge in [-0.05, 0) is 30.9 Å². The summed E-state index contributed by atoms with van der Waals surface area (Å²) in [6.07, 6.45) is 5.35. The topological polar surface area (TPSA) is 64.2 Å². The number of rotatable bonds is 5. The van der Waals surface area contributed by atoms with Crippen LogP contribution in [0.15, 0.2) is 34.7 Å². The second-order valence-corrected chi connectivity index (χ2v) is 8.07. The largest absolute Gasteiger partial charge is 0.419 e. The molecule has 3 aromatic rings. The fourth-order valence-electron chi connectivity index (χ4n) is 3.90. The van der Waals surface area contributed by atoms with Gasteiger partial charge in [-0.2, -0.15) is 0 Å². The second-order valence-electron chi connectivity index (χ2n) is 8.07. The van der Waals surface area contributed by atoms with E-state index in [4.69, 9.17) is 4.42 Å². The molecule has 2 aromatic heterocycles. The van der Waals surface area contributed by atoms with Gasteiger partial charge in [-0.15, -0.1) is 10.2 Å². The predicted octanol–water partition coefficient (Wildman–Crippen LogP) is 4.29. The van der Waals surface area contributed by atoms with Gasteiger partial charge < -0.3 is 13.9 Å². The van der Waals surface area contributed by atoms with Crippen LogP contribution in [0.3, 0.4) is 0 Å². The Morgan fingerprint density at radius 1 is 1.11 bits per heavy atom. The Balaban J connectivity index is 1.67. The first-order chi connectivity index (χ1) is 13.6. The summed E-state index contributed by atoms with van der Waals surface area (Å²) in [5.41, 5.74) is 1.83. The average Bonchev–Trinajstić information content (AvgIpc) is 3.16. The lowest BCUT2D eigenvalue weighted by molar-refractivity contribution is -0.131. The predicted molar refractivity (Wildman–Crippen MR) is 109 cm³/mol. The molecule has 1 fully saturated rings. The van der Waals surface area contributed by atoms with Crippen LogP contribution in [0.1, 0.15) is 45.4 Å². The number of hydrogen-bond donors (Lipinski definition) is 0. The standard InChI is InChI=1S/C22H28N4O2/c1-16(2)13-20-23-24-22(28-20)19-14-17-9-5-6-10-18(17)26(19)15-21(27)25-11-7-3-4-8-12-25/h5-6,9-10,14,16H,3-4,7-8,11-13,15H2,1-2H3. The smallest absolute Gasteiger partial charge is 0.264 e. The van der Waals surface area contributed by atoms with Crippen LogP contribution in [0.25, 0.3) is 22.5 Å². The summed E-state index contributed by atoms with van der Waals surface area (Å²) in [5, 5.41) is 9.54. The number of likely N-dealkylation sites (tertiary alicyclic amines) is 1. The Hall–Kier alpha value is -2.63. The maximum atomic E-state index is 13.0. The normalized spacial score (nSPS) is 15.3. The quantitative estimate of drug-likeness (QED) is 0.662. The lowest BCUT2D eigenvalue weighted by atomic mass is 10.1. The second kappa shape index (κ2) is 8.17. The first kappa shape index (κ1) is 18.7. The van der Waals surface area contributed by atoms with E-state index < -0.39 is 0 Å². The van der Waals surface area contributed by atoms with E-state index in [1.54, 1.807) is 0 Å². The van der Waals surface area contributed by atoms with E-state index in [1.807, 2.05) is 33.7 Å². The van der Waals surface area contributed by atoms with Crippen molar-refractivity contribution in [3.05, 3.63) is 36.2 Å². The van der Waals surface area contributed by atoms with Crippen LogP contribution in [-0.4, -0.2) is 38.7 Å². The van der Waals surface area contributed by atoms with E-state index in [0.717, 1.165) is 48.9 Å². The van der Waals surface area contributed by atoms with Gasteiger partial charge in [-0.1, -0.05) is 44.9 Å². The first-order valence-electron chi connectivity index (χ1n) is 10.3. The van der Waals surface area contributed by atoms with Crippen LogP contribution in [0.5, 0.6) is 0 Å². The minimum atomic E-state index is 0.159. The lowest BCUT2D eigenvalue weighted by Gasteiger charge is -2.21. The molecular formula is C22H28N4O2. The number of nitrogens with zero attached hydrogens (tertiary/aromatic N) is 4. The van der Waals surface area contributed by atoms with E-state index >= 15 is 0 Å². The number of aromatic nitrogens is 3. The maximum Gasteiger partial charge on any atom is 0.264 e. The monoisotopic (exact) mass is 380 g/mol. The van der Waals surface area contributed by atoms with E-state index in [1.165, 1.54) is 12.8 Å². The molecule has 1 amide bonds. The van der Waals surface area contributed by atoms with E-state index in [9.17, 15) is 4.79 Å². The van der Waals surface area contributed by atoms with Gasteiger partial charge in [0.15, 0.2) is 0 Å². The molecule has 0 aliphatic carbocycles. The maximum absolute atomic E-state index is 13.0. The molecule has 1 aliphatic rings. The van der Waals surface area contributed by atoms with Crippen molar-refractivity contribution >= 4 is 16.8 Å². The van der Waals surface area contributed by atoms with Crippen molar-refractivity contribution in [2.24, 2.45) is 5.92 Å². The third-order valence-corrected chi connectivity index (χ3v) is 5.33. The Morgan fingerprint density at radius 2 is 1.86 bits per heavy atom. The van der Waals surface area contributed by atoms with Crippen molar-refractivity contribution < 1.29 is 9.21 Å². The molecule has 6 nitrogen and oxygen atoms in total. The Morgan fingerprint density at radius 3 is 2.61 bits per heavy atom. The fraction of sp³-hybridized carbons (Fsp3) is 0.500. The average molecular weight is 380 g/mol. The number of fused-ring (bicyclic) bond motifs is 1. The highest BCUT2D eigenvalue weighted by Gasteiger charge is 2.21. The van der Waals surface area contributed by atoms with Crippen LogP contribution in [0.4, 0.5) is 0 Å². The van der Waals surface area contributed by atoms with E-state index in [-0.39, 0.29) is 5.91 Å². The molecule has 0 bridgehead atoms.